The highest BCUT2D eigenvalue weighted by molar-refractivity contribution is 9.10. The number of imidazole rings is 1. The van der Waals surface area contributed by atoms with Crippen LogP contribution >= 0.6 is 15.9 Å². The molecule has 1 atom stereocenters. The minimum absolute atomic E-state index is 0.285. The third-order valence-electron chi connectivity index (χ3n) is 1.94. The molecule has 7 heteroatoms. The van der Waals surface area contributed by atoms with Gasteiger partial charge in [-0.3, -0.25) is 9.20 Å². The largest absolute Gasteiger partial charge is 0.480 e. The number of halogens is 1. The molecule has 0 aliphatic rings. The molecule has 0 saturated heterocycles. The van der Waals surface area contributed by atoms with Crippen LogP contribution in [-0.2, 0) is 4.79 Å². The Hall–Kier alpha value is -1.47. The van der Waals surface area contributed by atoms with Gasteiger partial charge in [0.25, 0.3) is 0 Å². The van der Waals surface area contributed by atoms with Crippen LogP contribution in [0.1, 0.15) is 11.7 Å². The smallest absolute Gasteiger partial charge is 0.326 e. The van der Waals surface area contributed by atoms with Gasteiger partial charge in [-0.2, -0.15) is 0 Å². The molecule has 2 heterocycles. The molecule has 0 saturated carbocycles. The summed E-state index contributed by atoms with van der Waals surface area (Å²) in [5.41, 5.74) is 5.71. The van der Waals surface area contributed by atoms with Crippen molar-refractivity contribution in [3.8, 4) is 0 Å². The molecule has 6 nitrogen and oxygen atoms in total. The van der Waals surface area contributed by atoms with E-state index in [4.69, 9.17) is 10.8 Å². The Morgan fingerprint density at radius 2 is 2.40 bits per heavy atom. The summed E-state index contributed by atoms with van der Waals surface area (Å²) in [6.45, 7) is 0. The molecular formula is C8H7BrN4O2. The van der Waals surface area contributed by atoms with Gasteiger partial charge in [-0.1, -0.05) is 0 Å². The third-order valence-corrected chi connectivity index (χ3v) is 2.53. The van der Waals surface area contributed by atoms with Crippen molar-refractivity contribution in [2.45, 2.75) is 6.04 Å². The fraction of sp³-hybridized carbons (Fsp3) is 0.125. The monoisotopic (exact) mass is 270 g/mol. The highest BCUT2D eigenvalue weighted by Crippen LogP contribution is 2.14. The lowest BCUT2D eigenvalue weighted by molar-refractivity contribution is -0.138. The molecule has 2 aromatic rings. The number of nitrogens with two attached hydrogens (primary N) is 1. The fourth-order valence-corrected chi connectivity index (χ4v) is 1.53. The number of carbonyl (C=O) groups is 1. The fourth-order valence-electron chi connectivity index (χ4n) is 1.15. The number of aromatic nitrogens is 3. The Balaban J connectivity index is 2.52. The van der Waals surface area contributed by atoms with E-state index in [1.807, 2.05) is 0 Å². The molecule has 0 amide bonds. The molecule has 78 valence electrons. The highest BCUT2D eigenvalue weighted by atomic mass is 79.9. The summed E-state index contributed by atoms with van der Waals surface area (Å²) in [7, 11) is 0. The second kappa shape index (κ2) is 3.59. The molecule has 2 rings (SSSR count). The van der Waals surface area contributed by atoms with E-state index in [0.717, 1.165) is 4.60 Å². The van der Waals surface area contributed by atoms with Crippen molar-refractivity contribution in [3.63, 3.8) is 0 Å². The number of aliphatic carboxylic acids is 1. The maximum Gasteiger partial charge on any atom is 0.326 e. The summed E-state index contributed by atoms with van der Waals surface area (Å²) in [4.78, 5) is 18.6. The summed E-state index contributed by atoms with van der Waals surface area (Å²) in [6.07, 6.45) is 3.25. The second-order valence-electron chi connectivity index (χ2n) is 2.92. The Labute approximate surface area is 92.9 Å². The van der Waals surface area contributed by atoms with E-state index in [1.54, 1.807) is 22.9 Å². The molecule has 0 aliphatic heterocycles. The Morgan fingerprint density at radius 3 is 3.07 bits per heavy atom. The molecule has 0 fully saturated rings. The second-order valence-corrected chi connectivity index (χ2v) is 3.73. The Kier molecular flexibility index (Phi) is 2.41. The average molecular weight is 271 g/mol. The normalized spacial score (nSPS) is 12.9. The zero-order chi connectivity index (χ0) is 11.0. The van der Waals surface area contributed by atoms with Gasteiger partial charge in [0.05, 0.1) is 11.9 Å². The maximum absolute atomic E-state index is 10.6. The van der Waals surface area contributed by atoms with E-state index >= 15 is 0 Å². The first-order valence-electron chi connectivity index (χ1n) is 4.07. The lowest BCUT2D eigenvalue weighted by Crippen LogP contribution is -2.22. The zero-order valence-electron chi connectivity index (χ0n) is 7.46. The van der Waals surface area contributed by atoms with Crippen LogP contribution in [0.15, 0.2) is 23.1 Å². The number of nitrogens with zero attached hydrogens (tertiary/aromatic N) is 3. The van der Waals surface area contributed by atoms with Gasteiger partial charge in [-0.25, -0.2) is 9.97 Å². The predicted molar refractivity (Wildman–Crippen MR) is 55.3 cm³/mol. The third kappa shape index (κ3) is 1.71. The molecule has 0 radical (unpaired) electrons. The summed E-state index contributed by atoms with van der Waals surface area (Å²) >= 11 is 3.27. The van der Waals surface area contributed by atoms with E-state index in [0.29, 0.717) is 5.78 Å². The molecule has 15 heavy (non-hydrogen) atoms. The minimum atomic E-state index is -1.12. The van der Waals surface area contributed by atoms with Gasteiger partial charge in [0.1, 0.15) is 10.6 Å². The predicted octanol–water partition coefficient (Wildman–Crippen LogP) is 0.576. The number of carboxylic acids is 1. The van der Waals surface area contributed by atoms with Crippen LogP contribution in [0, 0.1) is 0 Å². The summed E-state index contributed by atoms with van der Waals surface area (Å²) < 4.78 is 2.43. The van der Waals surface area contributed by atoms with Gasteiger partial charge >= 0.3 is 5.97 Å². The van der Waals surface area contributed by atoms with E-state index in [2.05, 4.69) is 25.9 Å². The molecule has 0 bridgehead atoms. The number of fused-ring (bicyclic) bond motifs is 1. The highest BCUT2D eigenvalue weighted by Gasteiger charge is 2.16. The SMILES string of the molecule is NC(C(=O)O)c1ccn2c(Br)cnc2n1. The standard InChI is InChI=1S/C8H7BrN4O2/c9-5-3-11-8-12-4(1-2-13(5)8)6(10)7(14)15/h1-3,6H,10H2,(H,14,15). The zero-order valence-corrected chi connectivity index (χ0v) is 9.05. The Morgan fingerprint density at radius 1 is 1.67 bits per heavy atom. The molecule has 0 spiro atoms. The molecule has 0 aliphatic carbocycles. The van der Waals surface area contributed by atoms with E-state index < -0.39 is 12.0 Å². The van der Waals surface area contributed by atoms with E-state index in [1.165, 1.54) is 0 Å². The number of hydrogen-bond acceptors (Lipinski definition) is 4. The van der Waals surface area contributed by atoms with Gasteiger partial charge in [-0.15, -0.1) is 0 Å². The minimum Gasteiger partial charge on any atom is -0.480 e. The molecule has 2 aromatic heterocycles. The van der Waals surface area contributed by atoms with Crippen LogP contribution in [0.25, 0.3) is 5.78 Å². The lowest BCUT2D eigenvalue weighted by atomic mass is 10.2. The van der Waals surface area contributed by atoms with Crippen molar-refractivity contribution in [2.75, 3.05) is 0 Å². The van der Waals surface area contributed by atoms with Crippen LogP contribution in [0.3, 0.4) is 0 Å². The first-order valence-corrected chi connectivity index (χ1v) is 4.87. The van der Waals surface area contributed by atoms with Crippen molar-refractivity contribution in [3.05, 3.63) is 28.8 Å². The van der Waals surface area contributed by atoms with Gasteiger partial charge in [0.15, 0.2) is 0 Å². The number of rotatable bonds is 2. The summed E-state index contributed by atoms with van der Waals surface area (Å²) in [5.74, 6) is -0.700. The van der Waals surface area contributed by atoms with Crippen molar-refractivity contribution in [1.29, 1.82) is 0 Å². The first-order chi connectivity index (χ1) is 7.09. The lowest BCUT2D eigenvalue weighted by Gasteiger charge is -2.05. The molecule has 0 aromatic carbocycles. The summed E-state index contributed by atoms with van der Waals surface area (Å²) in [6, 6.07) is 0.434. The van der Waals surface area contributed by atoms with Gasteiger partial charge in [0.2, 0.25) is 5.78 Å². The molecule has 3 N–H and O–H groups in total. The van der Waals surface area contributed by atoms with E-state index in [9.17, 15) is 4.79 Å². The van der Waals surface area contributed by atoms with Crippen molar-refractivity contribution >= 4 is 27.7 Å². The van der Waals surface area contributed by atoms with Crippen molar-refractivity contribution in [1.82, 2.24) is 14.4 Å². The topological polar surface area (TPSA) is 93.5 Å². The van der Waals surface area contributed by atoms with E-state index in [-0.39, 0.29) is 5.69 Å². The number of carboxylic acid groups (broad SMARTS) is 1. The van der Waals surface area contributed by atoms with Crippen LogP contribution in [0.4, 0.5) is 0 Å². The van der Waals surface area contributed by atoms with Crippen LogP contribution in [0.5, 0.6) is 0 Å². The van der Waals surface area contributed by atoms with Crippen LogP contribution in [-0.4, -0.2) is 25.4 Å². The van der Waals surface area contributed by atoms with Crippen molar-refractivity contribution in [2.24, 2.45) is 5.73 Å². The maximum atomic E-state index is 10.6. The quantitative estimate of drug-likeness (QED) is 0.833. The molecular weight excluding hydrogens is 264 g/mol. The van der Waals surface area contributed by atoms with Crippen LogP contribution in [0.2, 0.25) is 0 Å². The number of hydrogen-bond donors (Lipinski definition) is 2. The Bertz CT molecular complexity index is 524. The van der Waals surface area contributed by atoms with Gasteiger partial charge < -0.3 is 10.8 Å². The van der Waals surface area contributed by atoms with Gasteiger partial charge in [-0.05, 0) is 22.0 Å². The summed E-state index contributed by atoms with van der Waals surface area (Å²) in [5, 5.41) is 8.71. The van der Waals surface area contributed by atoms with Gasteiger partial charge in [0, 0.05) is 6.20 Å². The molecule has 1 unspecified atom stereocenters. The van der Waals surface area contributed by atoms with Crippen LogP contribution < -0.4 is 5.73 Å². The first kappa shape index (κ1) is 10.1. The van der Waals surface area contributed by atoms with Crippen molar-refractivity contribution < 1.29 is 9.90 Å². The average Bonchev–Trinajstić information content (AvgIpc) is 2.59.